The second kappa shape index (κ2) is 3.99. The zero-order valence-corrected chi connectivity index (χ0v) is 6.54. The average molecular weight is 141 g/mol. The summed E-state index contributed by atoms with van der Waals surface area (Å²) in [7, 11) is 0. The first-order valence-corrected chi connectivity index (χ1v) is 4.27. The highest BCUT2D eigenvalue weighted by molar-refractivity contribution is 7.80. The maximum atomic E-state index is 4.96. The van der Waals surface area contributed by atoms with E-state index in [4.69, 9.17) is 12.6 Å². The van der Waals surface area contributed by atoms with E-state index in [0.29, 0.717) is 0 Å². The predicted molar refractivity (Wildman–Crippen MR) is 43.6 cm³/mol. The molecule has 0 amide bonds. The van der Waals surface area contributed by atoms with Gasteiger partial charge in [0.1, 0.15) is 0 Å². The molecule has 0 aliphatic heterocycles. The van der Waals surface area contributed by atoms with Crippen LogP contribution in [0.4, 0.5) is 0 Å². The molecule has 0 bridgehead atoms. The minimum absolute atomic E-state index is 0.861. The Morgan fingerprint density at radius 1 is 1.33 bits per heavy atom. The van der Waals surface area contributed by atoms with Crippen molar-refractivity contribution < 1.29 is 0 Å². The van der Waals surface area contributed by atoms with Crippen molar-refractivity contribution in [3.8, 4) is 0 Å². The molecule has 0 saturated carbocycles. The van der Waals surface area contributed by atoms with Crippen molar-refractivity contribution in [2.45, 2.75) is 32.1 Å². The van der Waals surface area contributed by atoms with Gasteiger partial charge in [-0.2, -0.15) is 0 Å². The first kappa shape index (κ1) is 7.20. The van der Waals surface area contributed by atoms with Crippen LogP contribution >= 0.6 is 12.6 Å². The summed E-state index contributed by atoms with van der Waals surface area (Å²) in [4.78, 5) is 0. The van der Waals surface area contributed by atoms with Crippen molar-refractivity contribution in [1.29, 1.82) is 0 Å². The van der Waals surface area contributed by atoms with Crippen molar-refractivity contribution in [1.82, 2.24) is 0 Å². The molecule has 0 fully saturated rings. The van der Waals surface area contributed by atoms with Crippen LogP contribution in [0.3, 0.4) is 0 Å². The maximum Gasteiger partial charge on any atom is 0.0247 e. The molecular weight excluding hydrogens is 128 g/mol. The second-order valence-electron chi connectivity index (χ2n) is 2.61. The highest BCUT2D eigenvalue weighted by Crippen LogP contribution is 2.17. The Bertz CT molecular complexity index is 105. The van der Waals surface area contributed by atoms with E-state index >= 15 is 0 Å². The number of hydrogen-bond acceptors (Lipinski definition) is 0. The Balaban J connectivity index is 2.37. The summed E-state index contributed by atoms with van der Waals surface area (Å²) in [5.74, 6) is 0.861. The molecule has 0 heterocycles. The predicted octanol–water partition coefficient (Wildman–Crippen LogP) is 3.07. The fraction of sp³-hybridized carbons (Fsp3) is 0.750. The van der Waals surface area contributed by atoms with Crippen LogP contribution in [0.15, 0.2) is 11.6 Å². The molecule has 1 rings (SSSR count). The van der Waals surface area contributed by atoms with Gasteiger partial charge in [-0.3, -0.25) is 0 Å². The molecular formula is C8H13S. The van der Waals surface area contributed by atoms with E-state index < -0.39 is 0 Å². The molecule has 0 N–H and O–H groups in total. The third-order valence-electron chi connectivity index (χ3n) is 1.82. The molecule has 1 radical (unpaired) electrons. The third kappa shape index (κ3) is 2.44. The van der Waals surface area contributed by atoms with Crippen molar-refractivity contribution in [2.24, 2.45) is 0 Å². The van der Waals surface area contributed by atoms with Crippen LogP contribution in [-0.2, 0) is 0 Å². The summed E-state index contributed by atoms with van der Waals surface area (Å²) in [6.07, 6.45) is 9.01. The second-order valence-corrected chi connectivity index (χ2v) is 2.89. The molecule has 0 aromatic rings. The van der Waals surface area contributed by atoms with Gasteiger partial charge in [0, 0.05) is 5.75 Å². The summed E-state index contributed by atoms with van der Waals surface area (Å²) in [6, 6.07) is 0. The van der Waals surface area contributed by atoms with E-state index in [0.717, 1.165) is 5.75 Å². The Morgan fingerprint density at radius 3 is 3.00 bits per heavy atom. The van der Waals surface area contributed by atoms with E-state index in [9.17, 15) is 0 Å². The van der Waals surface area contributed by atoms with E-state index in [-0.39, 0.29) is 0 Å². The van der Waals surface area contributed by atoms with Crippen molar-refractivity contribution in [3.05, 3.63) is 11.6 Å². The molecule has 1 aliphatic rings. The van der Waals surface area contributed by atoms with Crippen molar-refractivity contribution >= 4 is 12.6 Å². The highest BCUT2D eigenvalue weighted by Gasteiger charge is 1.99. The first-order valence-electron chi connectivity index (χ1n) is 3.69. The van der Waals surface area contributed by atoms with Crippen molar-refractivity contribution in [2.75, 3.05) is 5.75 Å². The Morgan fingerprint density at radius 2 is 2.22 bits per heavy atom. The molecule has 0 atom stereocenters. The summed E-state index contributed by atoms with van der Waals surface area (Å²) < 4.78 is 0. The highest BCUT2D eigenvalue weighted by atomic mass is 32.1. The number of rotatable bonds is 1. The van der Waals surface area contributed by atoms with Crippen LogP contribution in [0, 0.1) is 0 Å². The Hall–Kier alpha value is 0.0900. The van der Waals surface area contributed by atoms with Gasteiger partial charge in [0.25, 0.3) is 0 Å². The Kier molecular flexibility index (Phi) is 3.20. The van der Waals surface area contributed by atoms with Gasteiger partial charge in [-0.1, -0.05) is 30.7 Å². The SMILES string of the molecule is [S]CC1=CCCCCC1. The van der Waals surface area contributed by atoms with Crippen LogP contribution in [0.25, 0.3) is 0 Å². The minimum Gasteiger partial charge on any atom is -0.0894 e. The van der Waals surface area contributed by atoms with E-state index in [1.807, 2.05) is 0 Å². The quantitative estimate of drug-likeness (QED) is 0.492. The lowest BCUT2D eigenvalue weighted by molar-refractivity contribution is 0.711. The monoisotopic (exact) mass is 141 g/mol. The number of hydrogen-bond donors (Lipinski definition) is 0. The lowest BCUT2D eigenvalue weighted by Crippen LogP contribution is -1.81. The van der Waals surface area contributed by atoms with Crippen LogP contribution in [-0.4, -0.2) is 5.75 Å². The smallest absolute Gasteiger partial charge is 0.0247 e. The van der Waals surface area contributed by atoms with Gasteiger partial charge in [-0.05, 0) is 25.7 Å². The maximum absolute atomic E-state index is 4.96. The van der Waals surface area contributed by atoms with E-state index in [1.54, 1.807) is 0 Å². The van der Waals surface area contributed by atoms with Gasteiger partial charge in [0.15, 0.2) is 0 Å². The summed E-state index contributed by atoms with van der Waals surface area (Å²) in [5.41, 5.74) is 1.50. The zero-order valence-electron chi connectivity index (χ0n) is 5.73. The van der Waals surface area contributed by atoms with E-state index in [2.05, 4.69) is 6.08 Å². The Labute approximate surface area is 62.8 Å². The number of allylic oxidation sites excluding steroid dienone is 1. The van der Waals surface area contributed by atoms with E-state index in [1.165, 1.54) is 37.7 Å². The molecule has 0 saturated heterocycles. The lowest BCUT2D eigenvalue weighted by atomic mass is 10.1. The van der Waals surface area contributed by atoms with Crippen LogP contribution in [0.1, 0.15) is 32.1 Å². The molecule has 0 unspecified atom stereocenters. The van der Waals surface area contributed by atoms with Crippen molar-refractivity contribution in [3.63, 3.8) is 0 Å². The summed E-state index contributed by atoms with van der Waals surface area (Å²) in [5, 5.41) is 0. The fourth-order valence-corrected chi connectivity index (χ4v) is 1.47. The third-order valence-corrected chi connectivity index (χ3v) is 2.19. The topological polar surface area (TPSA) is 0 Å². The normalized spacial score (nSPS) is 20.8. The zero-order chi connectivity index (χ0) is 6.53. The van der Waals surface area contributed by atoms with Gasteiger partial charge in [0.05, 0.1) is 0 Å². The van der Waals surface area contributed by atoms with Gasteiger partial charge in [-0.25, -0.2) is 0 Å². The van der Waals surface area contributed by atoms with Crippen LogP contribution in [0.2, 0.25) is 0 Å². The van der Waals surface area contributed by atoms with Crippen LogP contribution < -0.4 is 0 Å². The largest absolute Gasteiger partial charge is 0.0894 e. The van der Waals surface area contributed by atoms with Gasteiger partial charge in [-0.15, -0.1) is 0 Å². The van der Waals surface area contributed by atoms with Gasteiger partial charge < -0.3 is 0 Å². The summed E-state index contributed by atoms with van der Waals surface area (Å²) >= 11 is 4.96. The average Bonchev–Trinajstić information content (AvgIpc) is 2.13. The lowest BCUT2D eigenvalue weighted by Gasteiger charge is -1.96. The first-order chi connectivity index (χ1) is 4.43. The molecule has 0 nitrogen and oxygen atoms in total. The van der Waals surface area contributed by atoms with Gasteiger partial charge >= 0.3 is 0 Å². The standard InChI is InChI=1S/C8H13S/c9-7-8-5-3-1-2-4-6-8/h5H,1-4,6-7H2. The molecule has 0 aromatic carbocycles. The molecule has 1 heteroatoms. The summed E-state index contributed by atoms with van der Waals surface area (Å²) in [6.45, 7) is 0. The molecule has 1 aliphatic carbocycles. The van der Waals surface area contributed by atoms with Crippen LogP contribution in [0.5, 0.6) is 0 Å². The molecule has 0 spiro atoms. The minimum atomic E-state index is 0.861. The molecule has 51 valence electrons. The van der Waals surface area contributed by atoms with Gasteiger partial charge in [0.2, 0.25) is 0 Å². The molecule has 9 heavy (non-hydrogen) atoms. The fourth-order valence-electron chi connectivity index (χ4n) is 1.21. The molecule has 0 aromatic heterocycles.